The second kappa shape index (κ2) is 9.07. The van der Waals surface area contributed by atoms with Gasteiger partial charge in [0.05, 0.1) is 48.6 Å². The number of hydrogen-bond acceptors (Lipinski definition) is 6. The third-order valence-corrected chi connectivity index (χ3v) is 5.52. The van der Waals surface area contributed by atoms with E-state index in [1.807, 2.05) is 53.4 Å². The van der Waals surface area contributed by atoms with Gasteiger partial charge in [-0.25, -0.2) is 0 Å². The van der Waals surface area contributed by atoms with Crippen LogP contribution >= 0.6 is 0 Å². The van der Waals surface area contributed by atoms with E-state index in [1.54, 1.807) is 18.6 Å². The Kier molecular flexibility index (Phi) is 5.67. The van der Waals surface area contributed by atoms with E-state index in [2.05, 4.69) is 32.5 Å². The molecule has 2 aromatic carbocycles. The van der Waals surface area contributed by atoms with Crippen LogP contribution in [0.1, 0.15) is 15.9 Å². The number of amides is 1. The first-order valence-corrected chi connectivity index (χ1v) is 10.5. The Morgan fingerprint density at radius 1 is 1.00 bits per heavy atom. The lowest BCUT2D eigenvalue weighted by Crippen LogP contribution is -2.50. The Balaban J connectivity index is 1.41. The number of nitrogens with zero attached hydrogens (tertiary/aromatic N) is 6. The molecule has 1 aliphatic heterocycles. The molecule has 8 nitrogen and oxygen atoms in total. The maximum atomic E-state index is 13.6. The highest BCUT2D eigenvalue weighted by atomic mass is 16.5. The summed E-state index contributed by atoms with van der Waals surface area (Å²) in [5.41, 5.74) is 4.17. The molecule has 1 aliphatic rings. The highest BCUT2D eigenvalue weighted by molar-refractivity contribution is 5.98. The van der Waals surface area contributed by atoms with Gasteiger partial charge in [-0.2, -0.15) is 25.2 Å². The van der Waals surface area contributed by atoms with Crippen molar-refractivity contribution in [3.8, 4) is 16.9 Å². The highest BCUT2D eigenvalue weighted by Gasteiger charge is 2.30. The van der Waals surface area contributed by atoms with Gasteiger partial charge >= 0.3 is 0 Å². The summed E-state index contributed by atoms with van der Waals surface area (Å²) in [5.74, 6) is -0.0451. The summed E-state index contributed by atoms with van der Waals surface area (Å²) in [6.07, 6.45) is 5.54. The molecule has 0 saturated carbocycles. The van der Waals surface area contributed by atoms with Crippen molar-refractivity contribution in [3.05, 3.63) is 90.4 Å². The van der Waals surface area contributed by atoms with Gasteiger partial charge in [0.25, 0.3) is 5.91 Å². The summed E-state index contributed by atoms with van der Waals surface area (Å²) < 4.78 is 5.74. The van der Waals surface area contributed by atoms with Gasteiger partial charge in [-0.1, -0.05) is 30.3 Å². The monoisotopic (exact) mass is 426 g/mol. The van der Waals surface area contributed by atoms with Crippen molar-refractivity contribution in [2.75, 3.05) is 19.8 Å². The van der Waals surface area contributed by atoms with Gasteiger partial charge in [0.15, 0.2) is 0 Å². The molecule has 3 heterocycles. The predicted molar refractivity (Wildman–Crippen MR) is 118 cm³/mol. The highest BCUT2D eigenvalue weighted by Crippen LogP contribution is 2.23. The van der Waals surface area contributed by atoms with E-state index in [-0.39, 0.29) is 11.9 Å². The number of ether oxygens (including phenoxy) is 1. The third-order valence-electron chi connectivity index (χ3n) is 5.52. The zero-order valence-electron chi connectivity index (χ0n) is 17.4. The number of carbonyl (C=O) groups excluding carboxylic acids is 1. The van der Waals surface area contributed by atoms with Crippen molar-refractivity contribution < 1.29 is 9.53 Å². The summed E-state index contributed by atoms with van der Waals surface area (Å²) in [5, 5.41) is 16.6. The van der Waals surface area contributed by atoms with E-state index in [0.29, 0.717) is 37.4 Å². The van der Waals surface area contributed by atoms with E-state index < -0.39 is 0 Å². The fraction of sp³-hybridized carbons (Fsp3) is 0.208. The lowest BCUT2D eigenvalue weighted by atomic mass is 10.00. The smallest absolute Gasteiger partial charge is 0.256 e. The van der Waals surface area contributed by atoms with Gasteiger partial charge in [0.2, 0.25) is 0 Å². The van der Waals surface area contributed by atoms with Crippen molar-refractivity contribution in [1.29, 1.82) is 0 Å². The molecule has 0 aliphatic carbocycles. The topological polar surface area (TPSA) is 86.0 Å². The molecule has 0 bridgehead atoms. The Bertz CT molecular complexity index is 1200. The lowest BCUT2D eigenvalue weighted by molar-refractivity contribution is -0.00164. The average Bonchev–Trinajstić information content (AvgIpc) is 3.40. The molecule has 5 rings (SSSR count). The maximum absolute atomic E-state index is 13.6. The van der Waals surface area contributed by atoms with Gasteiger partial charge in [-0.15, -0.1) is 0 Å². The second-order valence-electron chi connectivity index (χ2n) is 7.58. The molecular weight excluding hydrogens is 404 g/mol. The summed E-state index contributed by atoms with van der Waals surface area (Å²) in [6, 6.07) is 19.3. The largest absolute Gasteiger partial charge is 0.377 e. The minimum atomic E-state index is -0.0769. The van der Waals surface area contributed by atoms with Crippen molar-refractivity contribution in [2.24, 2.45) is 0 Å². The lowest BCUT2D eigenvalue weighted by Gasteiger charge is -2.36. The van der Waals surface area contributed by atoms with Gasteiger partial charge < -0.3 is 9.64 Å². The van der Waals surface area contributed by atoms with Crippen LogP contribution in [-0.2, 0) is 11.2 Å². The van der Waals surface area contributed by atoms with E-state index in [1.165, 1.54) is 4.80 Å². The van der Waals surface area contributed by atoms with Crippen LogP contribution in [-0.4, -0.2) is 61.8 Å². The number of para-hydroxylation sites is 1. The fourth-order valence-electron chi connectivity index (χ4n) is 4.00. The normalized spacial score (nSPS) is 16.1. The summed E-state index contributed by atoms with van der Waals surface area (Å²) in [7, 11) is 0. The van der Waals surface area contributed by atoms with Crippen LogP contribution in [0.15, 0.2) is 79.3 Å². The summed E-state index contributed by atoms with van der Waals surface area (Å²) in [4.78, 5) is 17.0. The number of carbonyl (C=O) groups is 1. The van der Waals surface area contributed by atoms with Gasteiger partial charge in [-0.3, -0.25) is 4.79 Å². The first-order chi connectivity index (χ1) is 15.8. The number of aromatic nitrogens is 5. The van der Waals surface area contributed by atoms with Crippen molar-refractivity contribution >= 4 is 5.91 Å². The zero-order chi connectivity index (χ0) is 21.8. The number of hydrogen-bond donors (Lipinski definition) is 0. The van der Waals surface area contributed by atoms with Crippen LogP contribution in [0.4, 0.5) is 0 Å². The molecule has 160 valence electrons. The van der Waals surface area contributed by atoms with Gasteiger partial charge in [0, 0.05) is 18.3 Å². The predicted octanol–water partition coefficient (Wildman–Crippen LogP) is 2.81. The molecule has 0 radical (unpaired) electrons. The second-order valence-corrected chi connectivity index (χ2v) is 7.58. The minimum Gasteiger partial charge on any atom is -0.377 e. The van der Waals surface area contributed by atoms with Crippen LogP contribution in [0.25, 0.3) is 16.9 Å². The molecule has 1 saturated heterocycles. The standard InChI is InChI=1S/C24H22N6O2/c31-24(21-7-1-2-9-23(21)30-26-11-12-27-30)29-13-14-32-17-20(29)16-18-5-3-6-19(15-18)22-8-4-10-25-28-22/h1-12,15,20H,13-14,16-17H2. The molecule has 8 heteroatoms. The molecule has 1 fully saturated rings. The average molecular weight is 426 g/mol. The fourth-order valence-corrected chi connectivity index (χ4v) is 4.00. The third kappa shape index (κ3) is 4.13. The van der Waals surface area contributed by atoms with Crippen LogP contribution in [0, 0.1) is 0 Å². The van der Waals surface area contributed by atoms with Crippen LogP contribution in [0.5, 0.6) is 0 Å². The van der Waals surface area contributed by atoms with E-state index in [4.69, 9.17) is 4.74 Å². The van der Waals surface area contributed by atoms with Gasteiger partial charge in [-0.05, 0) is 42.3 Å². The first kappa shape index (κ1) is 20.0. The van der Waals surface area contributed by atoms with Gasteiger partial charge in [0.1, 0.15) is 0 Å². The van der Waals surface area contributed by atoms with Crippen molar-refractivity contribution in [3.63, 3.8) is 0 Å². The van der Waals surface area contributed by atoms with Crippen molar-refractivity contribution in [2.45, 2.75) is 12.5 Å². The van der Waals surface area contributed by atoms with E-state index in [0.717, 1.165) is 16.8 Å². The molecule has 0 N–H and O–H groups in total. The molecular formula is C24H22N6O2. The van der Waals surface area contributed by atoms with E-state index >= 15 is 0 Å². The van der Waals surface area contributed by atoms with E-state index in [9.17, 15) is 4.79 Å². The number of rotatable bonds is 5. The number of benzene rings is 2. The van der Waals surface area contributed by atoms with Crippen LogP contribution < -0.4 is 0 Å². The Morgan fingerprint density at radius 2 is 1.88 bits per heavy atom. The summed E-state index contributed by atoms with van der Waals surface area (Å²) in [6.45, 7) is 1.54. The van der Waals surface area contributed by atoms with Crippen molar-refractivity contribution in [1.82, 2.24) is 30.1 Å². The SMILES string of the molecule is O=C(c1ccccc1-n1nccn1)N1CCOCC1Cc1cccc(-c2cccnn2)c1. The minimum absolute atomic E-state index is 0.0451. The first-order valence-electron chi connectivity index (χ1n) is 10.5. The van der Waals surface area contributed by atoms with Crippen LogP contribution in [0.2, 0.25) is 0 Å². The molecule has 2 aromatic heterocycles. The maximum Gasteiger partial charge on any atom is 0.256 e. The Morgan fingerprint density at radius 3 is 2.72 bits per heavy atom. The number of morpholine rings is 1. The molecule has 4 aromatic rings. The quantitative estimate of drug-likeness (QED) is 0.488. The summed E-state index contributed by atoms with van der Waals surface area (Å²) >= 11 is 0. The van der Waals surface area contributed by atoms with Crippen LogP contribution in [0.3, 0.4) is 0 Å². The molecule has 1 atom stereocenters. The molecule has 1 unspecified atom stereocenters. The Labute approximate surface area is 185 Å². The Hall–Kier alpha value is -3.91. The molecule has 32 heavy (non-hydrogen) atoms. The molecule has 0 spiro atoms. The molecule has 1 amide bonds. The zero-order valence-corrected chi connectivity index (χ0v) is 17.4.